The molecule has 0 atom stereocenters. The van der Waals surface area contributed by atoms with E-state index in [1.54, 1.807) is 0 Å². The fraction of sp³-hybridized carbons (Fsp3) is 0.474. The molecule has 0 amide bonds. The van der Waals surface area contributed by atoms with Gasteiger partial charge in [-0.2, -0.15) is 5.10 Å². The first kappa shape index (κ1) is 15.8. The number of hydrogen-bond donors (Lipinski definition) is 0. The van der Waals surface area contributed by atoms with Gasteiger partial charge in [-0.3, -0.25) is 4.68 Å². The lowest BCUT2D eigenvalue weighted by Gasteiger charge is -2.15. The van der Waals surface area contributed by atoms with Crippen molar-refractivity contribution in [2.45, 2.75) is 52.0 Å². The summed E-state index contributed by atoms with van der Waals surface area (Å²) >= 11 is 0. The number of methoxy groups -OCH3 is 1. The molecule has 23 heavy (non-hydrogen) atoms. The molecule has 1 aliphatic rings. The SMILES string of the molecule is COC(=O)c1ccc(Cn2nc(C(C)C)c3c2CCCC3)cc1. The Hall–Kier alpha value is -2.10. The lowest BCUT2D eigenvalue weighted by molar-refractivity contribution is 0.0600. The molecule has 0 saturated heterocycles. The molecule has 3 rings (SSSR count). The maximum atomic E-state index is 11.5. The first-order valence-electron chi connectivity index (χ1n) is 8.36. The number of rotatable bonds is 4. The topological polar surface area (TPSA) is 44.1 Å². The summed E-state index contributed by atoms with van der Waals surface area (Å²) in [6, 6.07) is 7.61. The van der Waals surface area contributed by atoms with Crippen molar-refractivity contribution in [3.63, 3.8) is 0 Å². The third-order valence-corrected chi connectivity index (χ3v) is 4.54. The van der Waals surface area contributed by atoms with E-state index in [2.05, 4.69) is 18.5 Å². The predicted molar refractivity (Wildman–Crippen MR) is 89.8 cm³/mol. The van der Waals surface area contributed by atoms with E-state index in [0.717, 1.165) is 24.9 Å². The number of hydrogen-bond acceptors (Lipinski definition) is 3. The molecule has 1 aromatic heterocycles. The second-order valence-corrected chi connectivity index (χ2v) is 6.52. The number of carbonyl (C=O) groups excluding carboxylic acids is 1. The molecule has 4 heteroatoms. The molecular weight excluding hydrogens is 288 g/mol. The molecular formula is C19H24N2O2. The zero-order valence-corrected chi connectivity index (χ0v) is 14.1. The van der Waals surface area contributed by atoms with Crippen LogP contribution in [0, 0.1) is 0 Å². The van der Waals surface area contributed by atoms with E-state index in [1.807, 2.05) is 24.3 Å². The van der Waals surface area contributed by atoms with Gasteiger partial charge in [0.15, 0.2) is 0 Å². The summed E-state index contributed by atoms with van der Waals surface area (Å²) in [4.78, 5) is 11.5. The lowest BCUT2D eigenvalue weighted by atomic mass is 9.92. The van der Waals surface area contributed by atoms with Crippen molar-refractivity contribution >= 4 is 5.97 Å². The third kappa shape index (κ3) is 3.16. The summed E-state index contributed by atoms with van der Waals surface area (Å²) in [5.41, 5.74) is 5.87. The van der Waals surface area contributed by atoms with Gasteiger partial charge in [-0.15, -0.1) is 0 Å². The molecule has 0 spiro atoms. The first-order valence-corrected chi connectivity index (χ1v) is 8.36. The smallest absolute Gasteiger partial charge is 0.337 e. The van der Waals surface area contributed by atoms with Gasteiger partial charge >= 0.3 is 5.97 Å². The number of carbonyl (C=O) groups is 1. The van der Waals surface area contributed by atoms with Gasteiger partial charge in [-0.25, -0.2) is 4.79 Å². The number of nitrogens with zero attached hydrogens (tertiary/aromatic N) is 2. The summed E-state index contributed by atoms with van der Waals surface area (Å²) < 4.78 is 6.91. The van der Waals surface area contributed by atoms with Gasteiger partial charge in [0.05, 0.1) is 24.9 Å². The van der Waals surface area contributed by atoms with Gasteiger partial charge in [-0.1, -0.05) is 26.0 Å². The molecule has 0 saturated carbocycles. The van der Waals surface area contributed by atoms with Crippen LogP contribution >= 0.6 is 0 Å². The Bertz CT molecular complexity index is 699. The molecule has 0 radical (unpaired) electrons. The van der Waals surface area contributed by atoms with E-state index < -0.39 is 0 Å². The number of esters is 1. The minimum Gasteiger partial charge on any atom is -0.465 e. The van der Waals surface area contributed by atoms with Crippen LogP contribution in [0.3, 0.4) is 0 Å². The summed E-state index contributed by atoms with van der Waals surface area (Å²) in [6.45, 7) is 5.19. The second kappa shape index (κ2) is 6.57. The minimum absolute atomic E-state index is 0.296. The van der Waals surface area contributed by atoms with E-state index in [0.29, 0.717) is 11.5 Å². The van der Waals surface area contributed by atoms with E-state index in [-0.39, 0.29) is 5.97 Å². The van der Waals surface area contributed by atoms with Crippen molar-refractivity contribution in [2.75, 3.05) is 7.11 Å². The molecule has 4 nitrogen and oxygen atoms in total. The number of aromatic nitrogens is 2. The monoisotopic (exact) mass is 312 g/mol. The molecule has 0 fully saturated rings. The minimum atomic E-state index is -0.296. The van der Waals surface area contributed by atoms with Gasteiger partial charge in [0.25, 0.3) is 0 Å². The standard InChI is InChI=1S/C19H24N2O2/c1-13(2)18-16-6-4-5-7-17(16)21(20-18)12-14-8-10-15(11-9-14)19(22)23-3/h8-11,13H,4-7,12H2,1-3H3. The van der Waals surface area contributed by atoms with Crippen LogP contribution < -0.4 is 0 Å². The van der Waals surface area contributed by atoms with Gasteiger partial charge in [0.2, 0.25) is 0 Å². The number of fused-ring (bicyclic) bond motifs is 1. The van der Waals surface area contributed by atoms with Crippen LogP contribution in [0.15, 0.2) is 24.3 Å². The second-order valence-electron chi connectivity index (χ2n) is 6.52. The number of benzene rings is 1. The predicted octanol–water partition coefficient (Wildman–Crippen LogP) is 3.72. The van der Waals surface area contributed by atoms with Gasteiger partial charge in [0.1, 0.15) is 0 Å². The average molecular weight is 312 g/mol. The number of ether oxygens (including phenoxy) is 1. The van der Waals surface area contributed by atoms with Crippen molar-refractivity contribution in [3.05, 3.63) is 52.3 Å². The van der Waals surface area contributed by atoms with Crippen LogP contribution in [-0.4, -0.2) is 22.9 Å². The Labute approximate surface area is 137 Å². The fourth-order valence-corrected chi connectivity index (χ4v) is 3.33. The van der Waals surface area contributed by atoms with E-state index in [1.165, 1.54) is 36.9 Å². The van der Waals surface area contributed by atoms with Crippen LogP contribution in [0.1, 0.15) is 65.5 Å². The Morgan fingerprint density at radius 3 is 2.57 bits per heavy atom. The van der Waals surface area contributed by atoms with Crippen molar-refractivity contribution in [1.82, 2.24) is 9.78 Å². The van der Waals surface area contributed by atoms with Crippen molar-refractivity contribution < 1.29 is 9.53 Å². The average Bonchev–Trinajstić information content (AvgIpc) is 2.94. The molecule has 0 unspecified atom stereocenters. The quantitative estimate of drug-likeness (QED) is 0.808. The highest BCUT2D eigenvalue weighted by Gasteiger charge is 2.22. The highest BCUT2D eigenvalue weighted by molar-refractivity contribution is 5.89. The molecule has 0 N–H and O–H groups in total. The highest BCUT2D eigenvalue weighted by Crippen LogP contribution is 2.29. The Kier molecular flexibility index (Phi) is 4.51. The van der Waals surface area contributed by atoms with Crippen LogP contribution in [0.5, 0.6) is 0 Å². The molecule has 1 aliphatic carbocycles. The van der Waals surface area contributed by atoms with Crippen molar-refractivity contribution in [3.8, 4) is 0 Å². The fourth-order valence-electron chi connectivity index (χ4n) is 3.33. The van der Waals surface area contributed by atoms with Gasteiger partial charge < -0.3 is 4.74 Å². The normalized spacial score (nSPS) is 13.9. The highest BCUT2D eigenvalue weighted by atomic mass is 16.5. The molecule has 1 aromatic carbocycles. The van der Waals surface area contributed by atoms with Crippen LogP contribution in [0.4, 0.5) is 0 Å². The van der Waals surface area contributed by atoms with E-state index in [9.17, 15) is 4.79 Å². The van der Waals surface area contributed by atoms with Crippen molar-refractivity contribution in [1.29, 1.82) is 0 Å². The molecule has 0 bridgehead atoms. The van der Waals surface area contributed by atoms with Crippen LogP contribution in [0.25, 0.3) is 0 Å². The third-order valence-electron chi connectivity index (χ3n) is 4.54. The maximum Gasteiger partial charge on any atom is 0.337 e. The molecule has 1 heterocycles. The largest absolute Gasteiger partial charge is 0.465 e. The summed E-state index contributed by atoms with van der Waals surface area (Å²) in [7, 11) is 1.40. The maximum absolute atomic E-state index is 11.5. The first-order chi connectivity index (χ1) is 11.1. The molecule has 2 aromatic rings. The summed E-state index contributed by atoms with van der Waals surface area (Å²) in [5, 5.41) is 4.89. The summed E-state index contributed by atoms with van der Waals surface area (Å²) in [5.74, 6) is 0.167. The van der Waals surface area contributed by atoms with Crippen LogP contribution in [-0.2, 0) is 24.1 Å². The molecule has 0 aliphatic heterocycles. The van der Waals surface area contributed by atoms with Crippen LogP contribution in [0.2, 0.25) is 0 Å². The molecule has 122 valence electrons. The van der Waals surface area contributed by atoms with E-state index in [4.69, 9.17) is 9.84 Å². The zero-order chi connectivity index (χ0) is 16.4. The Balaban J connectivity index is 1.86. The summed E-state index contributed by atoms with van der Waals surface area (Å²) in [6.07, 6.45) is 4.79. The Morgan fingerprint density at radius 1 is 1.22 bits per heavy atom. The van der Waals surface area contributed by atoms with Crippen molar-refractivity contribution in [2.24, 2.45) is 0 Å². The lowest BCUT2D eigenvalue weighted by Crippen LogP contribution is -2.10. The zero-order valence-electron chi connectivity index (χ0n) is 14.1. The van der Waals surface area contributed by atoms with E-state index >= 15 is 0 Å². The van der Waals surface area contributed by atoms with Gasteiger partial charge in [0, 0.05) is 5.69 Å². The Morgan fingerprint density at radius 2 is 1.91 bits per heavy atom. The van der Waals surface area contributed by atoms with Gasteiger partial charge in [-0.05, 0) is 54.9 Å².